The molecule has 2 nitrogen and oxygen atoms in total. The lowest BCUT2D eigenvalue weighted by Gasteiger charge is -2.14. The van der Waals surface area contributed by atoms with Crippen molar-refractivity contribution < 1.29 is 4.74 Å². The van der Waals surface area contributed by atoms with Gasteiger partial charge in [-0.3, -0.25) is 0 Å². The Hall–Kier alpha value is -1.13. The third-order valence-electron chi connectivity index (χ3n) is 2.95. The third kappa shape index (κ3) is 5.58. The highest BCUT2D eigenvalue weighted by atomic mass is 79.9. The highest BCUT2D eigenvalue weighted by Crippen LogP contribution is 2.29. The summed E-state index contributed by atoms with van der Waals surface area (Å²) in [6.45, 7) is 12.2. The number of hydrogen-bond acceptors (Lipinski definition) is 2. The van der Waals surface area contributed by atoms with Crippen LogP contribution in [-0.2, 0) is 10.7 Å². The molecule has 22 heavy (non-hydrogen) atoms. The van der Waals surface area contributed by atoms with Crippen LogP contribution in [0.5, 0.6) is 5.75 Å². The number of benzene rings is 1. The van der Waals surface area contributed by atoms with Crippen molar-refractivity contribution in [1.82, 2.24) is 0 Å². The minimum absolute atomic E-state index is 0.00226. The van der Waals surface area contributed by atoms with E-state index in [4.69, 9.17) is 4.74 Å². The first kappa shape index (κ1) is 18.9. The first-order valence-electron chi connectivity index (χ1n) is 7.02. The zero-order valence-corrected chi connectivity index (χ0v) is 16.6. The van der Waals surface area contributed by atoms with Crippen molar-refractivity contribution in [2.24, 2.45) is 4.36 Å². The van der Waals surface area contributed by atoms with Gasteiger partial charge in [-0.15, -0.1) is 10.7 Å². The molecule has 0 aliphatic carbocycles. The van der Waals surface area contributed by atoms with Crippen LogP contribution in [0.2, 0.25) is 0 Å². The third-order valence-corrected chi connectivity index (χ3v) is 4.20. The molecule has 0 heterocycles. The molecular weight excluding hydrogens is 358 g/mol. The van der Waals surface area contributed by atoms with Gasteiger partial charge in [0.05, 0.1) is 10.2 Å². The summed E-state index contributed by atoms with van der Waals surface area (Å²) in [6, 6.07) is 4.22. The summed E-state index contributed by atoms with van der Waals surface area (Å²) in [4.78, 5) is 0. The molecule has 0 aromatic heterocycles. The number of halogens is 1. The quantitative estimate of drug-likeness (QED) is 0.469. The van der Waals surface area contributed by atoms with Crippen LogP contribution in [0, 0.1) is 20.8 Å². The van der Waals surface area contributed by atoms with Gasteiger partial charge in [-0.05, 0) is 73.3 Å². The molecule has 0 bridgehead atoms. The van der Waals surface area contributed by atoms with E-state index in [2.05, 4.69) is 58.4 Å². The molecule has 0 fully saturated rings. The Morgan fingerprint density at radius 3 is 2.23 bits per heavy atom. The number of rotatable bonds is 5. The van der Waals surface area contributed by atoms with Crippen molar-refractivity contribution in [3.05, 3.63) is 63.5 Å². The smallest absolute Gasteiger partial charge is 0.134 e. The number of nitrogens with zero attached hydrogens (tertiary/aromatic N) is 1. The summed E-state index contributed by atoms with van der Waals surface area (Å²) >= 11 is 3.53. The Morgan fingerprint density at radius 2 is 1.77 bits per heavy atom. The normalized spacial score (nSPS) is 12.5. The van der Waals surface area contributed by atoms with Gasteiger partial charge >= 0.3 is 0 Å². The monoisotopic (exact) mass is 381 g/mol. The van der Waals surface area contributed by atoms with Crippen molar-refractivity contribution in [1.29, 1.82) is 0 Å². The maximum atomic E-state index is 5.97. The SMILES string of the molecule is C=C(Oc1c(C)cc(C)cc1C)/C(Br)=C\C(=C/C)N=S(C)C. The maximum absolute atomic E-state index is 5.97. The lowest BCUT2D eigenvalue weighted by Crippen LogP contribution is -1.99. The van der Waals surface area contributed by atoms with E-state index in [-0.39, 0.29) is 10.7 Å². The first-order valence-corrected chi connectivity index (χ1v) is 9.81. The minimum Gasteiger partial charge on any atom is -0.456 e. The van der Waals surface area contributed by atoms with E-state index in [1.54, 1.807) is 0 Å². The van der Waals surface area contributed by atoms with E-state index in [9.17, 15) is 0 Å². The van der Waals surface area contributed by atoms with Crippen LogP contribution in [0.15, 0.2) is 51.2 Å². The number of ether oxygens (including phenoxy) is 1. The predicted molar refractivity (Wildman–Crippen MR) is 103 cm³/mol. The summed E-state index contributed by atoms with van der Waals surface area (Å²) in [7, 11) is -0.00226. The lowest BCUT2D eigenvalue weighted by atomic mass is 10.1. The molecule has 0 aliphatic rings. The molecule has 0 aliphatic heterocycles. The maximum Gasteiger partial charge on any atom is 0.134 e. The predicted octanol–water partition coefficient (Wildman–Crippen LogP) is 5.75. The average molecular weight is 382 g/mol. The van der Waals surface area contributed by atoms with Crippen LogP contribution in [0.1, 0.15) is 23.6 Å². The van der Waals surface area contributed by atoms with Gasteiger partial charge < -0.3 is 4.74 Å². The molecule has 1 rings (SSSR count). The van der Waals surface area contributed by atoms with Crippen LogP contribution in [0.3, 0.4) is 0 Å². The Morgan fingerprint density at radius 1 is 1.23 bits per heavy atom. The molecule has 0 radical (unpaired) electrons. The van der Waals surface area contributed by atoms with E-state index in [1.807, 2.05) is 32.9 Å². The second-order valence-electron chi connectivity index (χ2n) is 5.32. The van der Waals surface area contributed by atoms with Crippen LogP contribution >= 0.6 is 15.9 Å². The molecule has 1 aromatic rings. The number of allylic oxidation sites excluding steroid dienone is 3. The van der Waals surface area contributed by atoms with Crippen LogP contribution in [0.25, 0.3) is 0 Å². The van der Waals surface area contributed by atoms with E-state index >= 15 is 0 Å². The molecule has 1 aromatic carbocycles. The van der Waals surface area contributed by atoms with E-state index < -0.39 is 0 Å². The topological polar surface area (TPSA) is 21.6 Å². The fourth-order valence-electron chi connectivity index (χ4n) is 2.08. The van der Waals surface area contributed by atoms with Crippen molar-refractivity contribution in [2.45, 2.75) is 27.7 Å². The van der Waals surface area contributed by atoms with E-state index in [1.165, 1.54) is 5.56 Å². The fourth-order valence-corrected chi connectivity index (χ4v) is 2.98. The number of aryl methyl sites for hydroxylation is 3. The minimum atomic E-state index is -0.00226. The Kier molecular flexibility index (Phi) is 7.30. The van der Waals surface area contributed by atoms with Gasteiger partial charge in [0.1, 0.15) is 11.5 Å². The second-order valence-corrected chi connectivity index (χ2v) is 7.91. The fraction of sp³-hybridized carbons (Fsp3) is 0.333. The highest BCUT2D eigenvalue weighted by molar-refractivity contribution is 9.12. The molecule has 0 saturated carbocycles. The molecule has 0 amide bonds. The largest absolute Gasteiger partial charge is 0.456 e. The summed E-state index contributed by atoms with van der Waals surface area (Å²) in [5.74, 6) is 1.45. The van der Waals surface area contributed by atoms with Gasteiger partial charge in [-0.2, -0.15) is 0 Å². The van der Waals surface area contributed by atoms with Gasteiger partial charge in [-0.1, -0.05) is 30.4 Å². The molecule has 0 N–H and O–H groups in total. The van der Waals surface area contributed by atoms with Crippen molar-refractivity contribution in [3.8, 4) is 5.75 Å². The summed E-state index contributed by atoms with van der Waals surface area (Å²) in [6.07, 6.45) is 8.07. The van der Waals surface area contributed by atoms with Gasteiger partial charge in [-0.25, -0.2) is 4.36 Å². The molecular formula is C18H24BrNOS. The van der Waals surface area contributed by atoms with Gasteiger partial charge in [0, 0.05) is 0 Å². The number of hydrogen-bond donors (Lipinski definition) is 0. The highest BCUT2D eigenvalue weighted by Gasteiger charge is 2.09. The van der Waals surface area contributed by atoms with Crippen molar-refractivity contribution >= 4 is 26.6 Å². The lowest BCUT2D eigenvalue weighted by molar-refractivity contribution is 0.438. The molecule has 4 heteroatoms. The molecule has 0 saturated heterocycles. The van der Waals surface area contributed by atoms with Crippen LogP contribution in [-0.4, -0.2) is 12.5 Å². The Bertz CT molecular complexity index is 645. The molecule has 0 spiro atoms. The molecule has 120 valence electrons. The summed E-state index contributed by atoms with van der Waals surface area (Å²) in [5.41, 5.74) is 4.37. The zero-order chi connectivity index (χ0) is 16.9. The van der Waals surface area contributed by atoms with Gasteiger partial charge in [0.15, 0.2) is 0 Å². The van der Waals surface area contributed by atoms with Crippen LogP contribution < -0.4 is 4.74 Å². The van der Waals surface area contributed by atoms with Crippen LogP contribution in [0.4, 0.5) is 0 Å². The average Bonchev–Trinajstić information content (AvgIpc) is 2.40. The van der Waals surface area contributed by atoms with E-state index in [0.717, 1.165) is 27.1 Å². The summed E-state index contributed by atoms with van der Waals surface area (Å²) in [5, 5.41) is 0. The van der Waals surface area contributed by atoms with Gasteiger partial charge in [0.25, 0.3) is 0 Å². The molecule has 0 unspecified atom stereocenters. The van der Waals surface area contributed by atoms with Gasteiger partial charge in [0.2, 0.25) is 0 Å². The van der Waals surface area contributed by atoms with Crippen molar-refractivity contribution in [2.75, 3.05) is 12.5 Å². The van der Waals surface area contributed by atoms with E-state index in [0.29, 0.717) is 5.76 Å². The van der Waals surface area contributed by atoms with Crippen molar-refractivity contribution in [3.63, 3.8) is 0 Å². The Balaban J connectivity index is 3.01. The standard InChI is InChI=1S/C18H24BrNOS/c1-8-16(20-22(6)7)11-17(19)15(5)21-18-13(3)9-12(2)10-14(18)4/h8-11H,5H2,1-4,6-7H3/b16-8+,17-11+. The molecule has 0 atom stereocenters. The second kappa shape index (κ2) is 8.49. The zero-order valence-electron chi connectivity index (χ0n) is 14.2. The summed E-state index contributed by atoms with van der Waals surface area (Å²) < 4.78 is 11.3. The Labute approximate surface area is 145 Å². The first-order chi connectivity index (χ1) is 10.2.